The first-order valence-corrected chi connectivity index (χ1v) is 6.24. The summed E-state index contributed by atoms with van der Waals surface area (Å²) in [6.07, 6.45) is 1.15. The van der Waals surface area contributed by atoms with E-state index >= 15 is 0 Å². The van der Waals surface area contributed by atoms with Gasteiger partial charge in [-0.15, -0.1) is 11.3 Å². The minimum absolute atomic E-state index is 0.777. The largest absolute Gasteiger partial charge is 0.310 e. The van der Waals surface area contributed by atoms with Crippen molar-refractivity contribution < 1.29 is 0 Å². The average Bonchev–Trinajstić information content (AvgIpc) is 2.60. The van der Waals surface area contributed by atoms with Crippen LogP contribution in [0, 0.1) is 0 Å². The SMILES string of the molecule is CCCNCc1nc2ccc(Cl)cc2s1. The van der Waals surface area contributed by atoms with Crippen molar-refractivity contribution in [2.45, 2.75) is 19.9 Å². The van der Waals surface area contributed by atoms with Gasteiger partial charge in [-0.05, 0) is 31.2 Å². The molecule has 15 heavy (non-hydrogen) atoms. The van der Waals surface area contributed by atoms with E-state index in [1.165, 1.54) is 0 Å². The third-order valence-electron chi connectivity index (χ3n) is 2.10. The minimum Gasteiger partial charge on any atom is -0.310 e. The molecule has 0 aliphatic carbocycles. The lowest BCUT2D eigenvalue weighted by Gasteiger charge is -1.96. The molecule has 0 atom stereocenters. The molecule has 2 rings (SSSR count). The fraction of sp³-hybridized carbons (Fsp3) is 0.364. The molecular weight excluding hydrogens is 228 g/mol. The standard InChI is InChI=1S/C11H13ClN2S/c1-2-5-13-7-11-14-9-4-3-8(12)6-10(9)15-11/h3-4,6,13H,2,5,7H2,1H3. The molecule has 1 N–H and O–H groups in total. The van der Waals surface area contributed by atoms with Gasteiger partial charge in [0.05, 0.1) is 10.2 Å². The first kappa shape index (κ1) is 10.9. The molecule has 0 saturated carbocycles. The molecule has 80 valence electrons. The topological polar surface area (TPSA) is 24.9 Å². The Labute approximate surface area is 98.3 Å². The maximum Gasteiger partial charge on any atom is 0.108 e. The van der Waals surface area contributed by atoms with Gasteiger partial charge < -0.3 is 5.32 Å². The predicted molar refractivity (Wildman–Crippen MR) is 66.6 cm³/mol. The third kappa shape index (κ3) is 2.68. The van der Waals surface area contributed by atoms with Crippen LogP contribution in [0.2, 0.25) is 5.02 Å². The lowest BCUT2D eigenvalue weighted by Crippen LogP contribution is -2.13. The van der Waals surface area contributed by atoms with Crippen LogP contribution in [0.4, 0.5) is 0 Å². The molecule has 0 aliphatic rings. The van der Waals surface area contributed by atoms with Crippen LogP contribution in [0.3, 0.4) is 0 Å². The van der Waals surface area contributed by atoms with E-state index in [0.717, 1.165) is 39.8 Å². The minimum atomic E-state index is 0.777. The second-order valence-electron chi connectivity index (χ2n) is 3.40. The summed E-state index contributed by atoms with van der Waals surface area (Å²) in [4.78, 5) is 4.52. The second kappa shape index (κ2) is 4.92. The first-order chi connectivity index (χ1) is 7.29. The molecule has 0 bridgehead atoms. The monoisotopic (exact) mass is 240 g/mol. The number of rotatable bonds is 4. The Balaban J connectivity index is 2.16. The highest BCUT2D eigenvalue weighted by Crippen LogP contribution is 2.24. The Bertz CT molecular complexity index is 453. The van der Waals surface area contributed by atoms with Crippen molar-refractivity contribution in [3.8, 4) is 0 Å². The van der Waals surface area contributed by atoms with Crippen LogP contribution >= 0.6 is 22.9 Å². The number of halogens is 1. The van der Waals surface area contributed by atoms with Gasteiger partial charge in [-0.3, -0.25) is 0 Å². The molecule has 1 heterocycles. The van der Waals surface area contributed by atoms with Crippen LogP contribution in [0.15, 0.2) is 18.2 Å². The van der Waals surface area contributed by atoms with Gasteiger partial charge in [-0.25, -0.2) is 4.98 Å². The van der Waals surface area contributed by atoms with Gasteiger partial charge >= 0.3 is 0 Å². The first-order valence-electron chi connectivity index (χ1n) is 5.05. The summed E-state index contributed by atoms with van der Waals surface area (Å²) in [7, 11) is 0. The third-order valence-corrected chi connectivity index (χ3v) is 3.35. The molecule has 2 nitrogen and oxygen atoms in total. The molecule has 0 spiro atoms. The van der Waals surface area contributed by atoms with Crippen LogP contribution in [0.25, 0.3) is 10.2 Å². The molecule has 0 unspecified atom stereocenters. The maximum absolute atomic E-state index is 5.92. The predicted octanol–water partition coefficient (Wildman–Crippen LogP) is 3.45. The second-order valence-corrected chi connectivity index (χ2v) is 4.95. The van der Waals surface area contributed by atoms with E-state index in [-0.39, 0.29) is 0 Å². The van der Waals surface area contributed by atoms with Gasteiger partial charge in [0.2, 0.25) is 0 Å². The van der Waals surface area contributed by atoms with E-state index in [1.54, 1.807) is 11.3 Å². The zero-order chi connectivity index (χ0) is 10.7. The molecule has 0 fully saturated rings. The van der Waals surface area contributed by atoms with Gasteiger partial charge in [0.15, 0.2) is 0 Å². The highest BCUT2D eigenvalue weighted by Gasteiger charge is 2.03. The zero-order valence-corrected chi connectivity index (χ0v) is 10.2. The fourth-order valence-electron chi connectivity index (χ4n) is 1.39. The van der Waals surface area contributed by atoms with Crippen molar-refractivity contribution in [2.75, 3.05) is 6.54 Å². The van der Waals surface area contributed by atoms with E-state index in [0.29, 0.717) is 0 Å². The van der Waals surface area contributed by atoms with E-state index in [4.69, 9.17) is 11.6 Å². The summed E-state index contributed by atoms with van der Waals surface area (Å²) < 4.78 is 1.16. The number of fused-ring (bicyclic) bond motifs is 1. The smallest absolute Gasteiger partial charge is 0.108 e. The van der Waals surface area contributed by atoms with Crippen molar-refractivity contribution in [1.29, 1.82) is 0 Å². The molecule has 1 aromatic heterocycles. The molecule has 2 aromatic rings. The number of nitrogens with one attached hydrogen (secondary N) is 1. The maximum atomic E-state index is 5.92. The van der Waals surface area contributed by atoms with E-state index in [2.05, 4.69) is 17.2 Å². The van der Waals surface area contributed by atoms with Crippen LogP contribution in [-0.4, -0.2) is 11.5 Å². The van der Waals surface area contributed by atoms with Crippen LogP contribution in [0.1, 0.15) is 18.4 Å². The summed E-state index contributed by atoms with van der Waals surface area (Å²) in [6.45, 7) is 4.05. The van der Waals surface area contributed by atoms with Crippen molar-refractivity contribution in [3.63, 3.8) is 0 Å². The average molecular weight is 241 g/mol. The Hall–Kier alpha value is -0.640. The highest BCUT2D eigenvalue weighted by atomic mass is 35.5. The Kier molecular flexibility index (Phi) is 3.57. The molecule has 0 saturated heterocycles. The van der Waals surface area contributed by atoms with Gasteiger partial charge in [0.1, 0.15) is 5.01 Å². The summed E-state index contributed by atoms with van der Waals surface area (Å²) in [6, 6.07) is 5.82. The molecule has 4 heteroatoms. The quantitative estimate of drug-likeness (QED) is 0.828. The van der Waals surface area contributed by atoms with Gasteiger partial charge in [0.25, 0.3) is 0 Å². The number of thiazole rings is 1. The Morgan fingerprint density at radius 1 is 1.47 bits per heavy atom. The summed E-state index contributed by atoms with van der Waals surface area (Å²) in [5.74, 6) is 0. The zero-order valence-electron chi connectivity index (χ0n) is 8.59. The lowest BCUT2D eigenvalue weighted by atomic mass is 10.3. The lowest BCUT2D eigenvalue weighted by molar-refractivity contribution is 0.673. The highest BCUT2D eigenvalue weighted by molar-refractivity contribution is 7.18. The van der Waals surface area contributed by atoms with Crippen molar-refractivity contribution in [1.82, 2.24) is 10.3 Å². The molecule has 0 amide bonds. The molecular formula is C11H13ClN2S. The van der Waals surface area contributed by atoms with Crippen LogP contribution in [-0.2, 0) is 6.54 Å². The van der Waals surface area contributed by atoms with Gasteiger partial charge in [-0.1, -0.05) is 18.5 Å². The summed E-state index contributed by atoms with van der Waals surface area (Å²) >= 11 is 7.62. The number of benzene rings is 1. The van der Waals surface area contributed by atoms with E-state index in [1.807, 2.05) is 18.2 Å². The number of aromatic nitrogens is 1. The van der Waals surface area contributed by atoms with Gasteiger partial charge in [0, 0.05) is 11.6 Å². The summed E-state index contributed by atoms with van der Waals surface area (Å²) in [5, 5.41) is 5.24. The van der Waals surface area contributed by atoms with Crippen LogP contribution < -0.4 is 5.32 Å². The molecule has 0 aliphatic heterocycles. The fourth-order valence-corrected chi connectivity index (χ4v) is 2.61. The Morgan fingerprint density at radius 2 is 2.33 bits per heavy atom. The van der Waals surface area contributed by atoms with E-state index < -0.39 is 0 Å². The Morgan fingerprint density at radius 3 is 3.13 bits per heavy atom. The van der Waals surface area contributed by atoms with Gasteiger partial charge in [-0.2, -0.15) is 0 Å². The van der Waals surface area contributed by atoms with Crippen molar-refractivity contribution >= 4 is 33.2 Å². The molecule has 1 aromatic carbocycles. The summed E-state index contributed by atoms with van der Waals surface area (Å²) in [5.41, 5.74) is 1.04. The normalized spacial score (nSPS) is 11.1. The number of hydrogen-bond donors (Lipinski definition) is 1. The van der Waals surface area contributed by atoms with Crippen molar-refractivity contribution in [3.05, 3.63) is 28.2 Å². The van der Waals surface area contributed by atoms with Crippen LogP contribution in [0.5, 0.6) is 0 Å². The number of hydrogen-bond acceptors (Lipinski definition) is 3. The molecule has 0 radical (unpaired) electrons. The number of nitrogens with zero attached hydrogens (tertiary/aromatic N) is 1. The van der Waals surface area contributed by atoms with Crippen molar-refractivity contribution in [2.24, 2.45) is 0 Å². The van der Waals surface area contributed by atoms with E-state index in [9.17, 15) is 0 Å².